The quantitative estimate of drug-likeness (QED) is 0.161. The number of rotatable bonds is 7. The van der Waals surface area contributed by atoms with E-state index in [1.165, 1.54) is 21.9 Å². The fraction of sp³-hybridized carbons (Fsp3) is 0. The van der Waals surface area contributed by atoms with E-state index in [4.69, 9.17) is 19.4 Å². The van der Waals surface area contributed by atoms with E-state index >= 15 is 0 Å². The highest BCUT2D eigenvalue weighted by Crippen LogP contribution is 2.41. The van der Waals surface area contributed by atoms with Gasteiger partial charge in [0.15, 0.2) is 17.5 Å². The highest BCUT2D eigenvalue weighted by Gasteiger charge is 2.19. The summed E-state index contributed by atoms with van der Waals surface area (Å²) in [5.41, 5.74) is 14.7. The monoisotopic (exact) mass is 792 g/mol. The molecule has 5 nitrogen and oxygen atoms in total. The first-order valence-corrected chi connectivity index (χ1v) is 20.8. The number of aromatic nitrogens is 4. The van der Waals surface area contributed by atoms with Gasteiger partial charge < -0.3 is 8.98 Å². The first-order valence-electron chi connectivity index (χ1n) is 20.8. The van der Waals surface area contributed by atoms with Gasteiger partial charge in [-0.05, 0) is 88.5 Å². The SMILES string of the molecule is c1ccc(-c2cccc(-c3nc(-c4ccccc4)nc(-c4ccc(-n5c6ccccc6c6cccc(-c7ccc8oc9ccc(-c%10ccccc%10)cc9c8c7)c65)cc4)n3)c2)cc1. The zero-order chi connectivity index (χ0) is 41.0. The second-order valence-corrected chi connectivity index (χ2v) is 15.6. The summed E-state index contributed by atoms with van der Waals surface area (Å²) in [4.78, 5) is 15.2. The van der Waals surface area contributed by atoms with Gasteiger partial charge in [0.1, 0.15) is 11.2 Å². The molecule has 0 atom stereocenters. The van der Waals surface area contributed by atoms with E-state index in [-0.39, 0.29) is 0 Å². The first kappa shape index (κ1) is 35.5. The lowest BCUT2D eigenvalue weighted by Gasteiger charge is -2.13. The number of furan rings is 1. The third-order valence-electron chi connectivity index (χ3n) is 11.9. The molecule has 0 aliphatic heterocycles. The van der Waals surface area contributed by atoms with Gasteiger partial charge in [-0.3, -0.25) is 0 Å². The van der Waals surface area contributed by atoms with Crippen LogP contribution >= 0.6 is 0 Å². The van der Waals surface area contributed by atoms with Gasteiger partial charge in [-0.1, -0.05) is 158 Å². The zero-order valence-electron chi connectivity index (χ0n) is 33.5. The molecule has 12 aromatic rings. The van der Waals surface area contributed by atoms with Crippen LogP contribution in [0.2, 0.25) is 0 Å². The van der Waals surface area contributed by atoms with Crippen LogP contribution in [0.1, 0.15) is 0 Å². The maximum atomic E-state index is 6.38. The first-order chi connectivity index (χ1) is 30.7. The molecule has 0 bridgehead atoms. The fourth-order valence-electron chi connectivity index (χ4n) is 8.85. The van der Waals surface area contributed by atoms with Crippen molar-refractivity contribution < 1.29 is 4.42 Å². The van der Waals surface area contributed by atoms with Crippen molar-refractivity contribution >= 4 is 43.7 Å². The van der Waals surface area contributed by atoms with Crippen molar-refractivity contribution in [3.8, 4) is 73.2 Å². The van der Waals surface area contributed by atoms with E-state index in [9.17, 15) is 0 Å². The maximum absolute atomic E-state index is 6.38. The van der Waals surface area contributed by atoms with Crippen molar-refractivity contribution in [2.45, 2.75) is 0 Å². The molecule has 290 valence electrons. The summed E-state index contributed by atoms with van der Waals surface area (Å²) in [6.07, 6.45) is 0. The van der Waals surface area contributed by atoms with E-state index in [1.807, 2.05) is 36.4 Å². The molecule has 0 spiro atoms. The van der Waals surface area contributed by atoms with Crippen molar-refractivity contribution in [2.24, 2.45) is 0 Å². The Morgan fingerprint density at radius 3 is 1.45 bits per heavy atom. The molecule has 9 aromatic carbocycles. The molecule has 0 saturated heterocycles. The zero-order valence-corrected chi connectivity index (χ0v) is 33.5. The van der Waals surface area contributed by atoms with Crippen molar-refractivity contribution in [3.63, 3.8) is 0 Å². The number of hydrogen-bond donors (Lipinski definition) is 0. The van der Waals surface area contributed by atoms with E-state index in [0.717, 1.165) is 77.6 Å². The van der Waals surface area contributed by atoms with Gasteiger partial charge in [0.05, 0.1) is 11.0 Å². The highest BCUT2D eigenvalue weighted by molar-refractivity contribution is 6.15. The Bertz CT molecular complexity index is 3610. The minimum Gasteiger partial charge on any atom is -0.456 e. The molecule has 0 amide bonds. The summed E-state index contributed by atoms with van der Waals surface area (Å²) >= 11 is 0. The Hall–Kier alpha value is -8.41. The predicted molar refractivity (Wildman–Crippen MR) is 254 cm³/mol. The summed E-state index contributed by atoms with van der Waals surface area (Å²) in [5, 5.41) is 4.59. The molecule has 0 fully saturated rings. The van der Waals surface area contributed by atoms with Gasteiger partial charge in [-0.2, -0.15) is 0 Å². The summed E-state index contributed by atoms with van der Waals surface area (Å²) in [6.45, 7) is 0. The van der Waals surface area contributed by atoms with Crippen LogP contribution in [0.4, 0.5) is 0 Å². The molecule has 0 radical (unpaired) electrons. The summed E-state index contributed by atoms with van der Waals surface area (Å²) in [5.74, 6) is 1.87. The van der Waals surface area contributed by atoms with E-state index in [2.05, 4.69) is 187 Å². The van der Waals surface area contributed by atoms with Gasteiger partial charge in [-0.15, -0.1) is 0 Å². The van der Waals surface area contributed by atoms with Crippen molar-refractivity contribution in [1.29, 1.82) is 0 Å². The Labute approximate surface area is 357 Å². The number of para-hydroxylation sites is 2. The third-order valence-corrected chi connectivity index (χ3v) is 11.9. The number of fused-ring (bicyclic) bond motifs is 6. The Morgan fingerprint density at radius 1 is 0.306 bits per heavy atom. The van der Waals surface area contributed by atoms with Gasteiger partial charge in [0.25, 0.3) is 0 Å². The van der Waals surface area contributed by atoms with Gasteiger partial charge in [0, 0.05) is 49.5 Å². The van der Waals surface area contributed by atoms with Crippen LogP contribution in [-0.4, -0.2) is 19.5 Å². The lowest BCUT2D eigenvalue weighted by molar-refractivity contribution is 0.669. The second-order valence-electron chi connectivity index (χ2n) is 15.6. The average Bonchev–Trinajstić information content (AvgIpc) is 3.90. The minimum atomic E-state index is 0.615. The summed E-state index contributed by atoms with van der Waals surface area (Å²) < 4.78 is 8.77. The largest absolute Gasteiger partial charge is 0.456 e. The molecule has 0 saturated carbocycles. The van der Waals surface area contributed by atoms with E-state index in [1.54, 1.807) is 0 Å². The van der Waals surface area contributed by atoms with Crippen LogP contribution in [0.25, 0.3) is 117 Å². The Kier molecular flexibility index (Phi) is 8.42. The molecular formula is C57H36N4O. The second kappa shape index (κ2) is 14.7. The molecule has 62 heavy (non-hydrogen) atoms. The molecule has 0 aliphatic carbocycles. The molecule has 0 aliphatic rings. The standard InChI is InChI=1S/C57H36N4O/c1-4-14-37(15-5-1)41-20-12-21-44(34-41)57-59-55(39-18-8-3-9-19-39)58-56(60-57)40-26-30-45(31-27-40)61-51-25-11-10-22-47(51)48-24-13-23-46(54(48)61)43-29-33-53-50(36-43)49-35-42(28-32-52(49)62-53)38-16-6-2-7-17-38/h1-36H. The van der Waals surface area contributed by atoms with E-state index < -0.39 is 0 Å². The van der Waals surface area contributed by atoms with Crippen LogP contribution in [-0.2, 0) is 0 Å². The fourth-order valence-corrected chi connectivity index (χ4v) is 8.85. The number of benzene rings is 9. The minimum absolute atomic E-state index is 0.615. The van der Waals surface area contributed by atoms with Crippen molar-refractivity contribution in [1.82, 2.24) is 19.5 Å². The van der Waals surface area contributed by atoms with Crippen LogP contribution in [0.15, 0.2) is 223 Å². The van der Waals surface area contributed by atoms with Crippen LogP contribution < -0.4 is 0 Å². The topological polar surface area (TPSA) is 56.7 Å². The Balaban J connectivity index is 0.986. The van der Waals surface area contributed by atoms with Crippen LogP contribution in [0, 0.1) is 0 Å². The molecule has 3 aromatic heterocycles. The average molecular weight is 793 g/mol. The third kappa shape index (κ3) is 6.14. The van der Waals surface area contributed by atoms with Gasteiger partial charge in [0.2, 0.25) is 0 Å². The van der Waals surface area contributed by atoms with Gasteiger partial charge in [-0.25, -0.2) is 15.0 Å². The highest BCUT2D eigenvalue weighted by atomic mass is 16.3. The number of hydrogen-bond acceptors (Lipinski definition) is 4. The Morgan fingerprint density at radius 2 is 0.774 bits per heavy atom. The molecular weight excluding hydrogens is 757 g/mol. The van der Waals surface area contributed by atoms with Crippen molar-refractivity contribution in [2.75, 3.05) is 0 Å². The van der Waals surface area contributed by atoms with Gasteiger partial charge >= 0.3 is 0 Å². The molecule has 0 N–H and O–H groups in total. The molecule has 12 rings (SSSR count). The van der Waals surface area contributed by atoms with Crippen LogP contribution in [0.3, 0.4) is 0 Å². The lowest BCUT2D eigenvalue weighted by Crippen LogP contribution is -2.01. The molecule has 3 heterocycles. The number of nitrogens with zero attached hydrogens (tertiary/aromatic N) is 4. The molecule has 0 unspecified atom stereocenters. The smallest absolute Gasteiger partial charge is 0.164 e. The summed E-state index contributed by atoms with van der Waals surface area (Å²) in [6, 6.07) is 76.4. The maximum Gasteiger partial charge on any atom is 0.164 e. The van der Waals surface area contributed by atoms with E-state index in [0.29, 0.717) is 17.5 Å². The summed E-state index contributed by atoms with van der Waals surface area (Å²) in [7, 11) is 0. The van der Waals surface area contributed by atoms with Crippen molar-refractivity contribution in [3.05, 3.63) is 218 Å². The predicted octanol–water partition coefficient (Wildman–Crippen LogP) is 14.9. The molecule has 5 heteroatoms. The normalized spacial score (nSPS) is 11.5. The van der Waals surface area contributed by atoms with Crippen LogP contribution in [0.5, 0.6) is 0 Å². The lowest BCUT2D eigenvalue weighted by atomic mass is 9.98.